The number of ether oxygens (including phenoxy) is 2. The third kappa shape index (κ3) is 5.65. The molecule has 1 amide bonds. The third-order valence-electron chi connectivity index (χ3n) is 11.0. The van der Waals surface area contributed by atoms with E-state index < -0.39 is 53.3 Å². The molecule has 0 spiro atoms. The number of nitrogens with one attached hydrogen (secondary N) is 1. The third-order valence-corrected chi connectivity index (χ3v) is 11.0. The van der Waals surface area contributed by atoms with Crippen LogP contribution in [0, 0.1) is 34.5 Å². The number of carbonyl (C=O) groups is 6. The van der Waals surface area contributed by atoms with E-state index in [2.05, 4.69) is 12.2 Å². The van der Waals surface area contributed by atoms with Gasteiger partial charge in [0.1, 0.15) is 6.04 Å². The number of ketones is 2. The van der Waals surface area contributed by atoms with Gasteiger partial charge in [0.05, 0.1) is 6.42 Å². The number of fused-ring (bicyclic) bond motifs is 5. The van der Waals surface area contributed by atoms with Gasteiger partial charge in [-0.3, -0.25) is 24.0 Å². The lowest BCUT2D eigenvalue weighted by Gasteiger charge is -2.59. The zero-order valence-corrected chi connectivity index (χ0v) is 25.5. The largest absolute Gasteiger partial charge is 0.480 e. The van der Waals surface area contributed by atoms with E-state index in [0.717, 1.165) is 32.1 Å². The van der Waals surface area contributed by atoms with Gasteiger partial charge in [0.15, 0.2) is 18.0 Å². The molecule has 232 valence electrons. The lowest BCUT2D eigenvalue weighted by Crippen LogP contribution is -2.59. The first-order chi connectivity index (χ1) is 19.6. The second-order valence-electron chi connectivity index (χ2n) is 13.6. The topological polar surface area (TPSA) is 153 Å². The minimum atomic E-state index is -1.41. The summed E-state index contributed by atoms with van der Waals surface area (Å²) in [7, 11) is 0. The van der Waals surface area contributed by atoms with Gasteiger partial charge in [0, 0.05) is 25.2 Å². The fraction of sp³-hybridized carbons (Fsp3) is 0.750. The number of aliphatic carboxylic acids is 1. The molecular formula is C32H45NO9. The maximum atomic E-state index is 13.8. The van der Waals surface area contributed by atoms with Gasteiger partial charge in [-0.2, -0.15) is 0 Å². The van der Waals surface area contributed by atoms with Gasteiger partial charge < -0.3 is 19.9 Å². The van der Waals surface area contributed by atoms with Crippen LogP contribution in [-0.2, 0) is 38.2 Å². The summed E-state index contributed by atoms with van der Waals surface area (Å²) in [6.45, 7) is 8.38. The van der Waals surface area contributed by atoms with Gasteiger partial charge in [-0.15, -0.1) is 0 Å². The number of allylic oxidation sites excluding steroid dienone is 1. The van der Waals surface area contributed by atoms with Gasteiger partial charge >= 0.3 is 17.9 Å². The number of hydrogen-bond donors (Lipinski definition) is 2. The molecule has 7 atom stereocenters. The number of Topliss-reactive ketones (excluding diaryl/α,β-unsaturated/α-hetero) is 1. The predicted molar refractivity (Wildman–Crippen MR) is 151 cm³/mol. The SMILES string of the molecule is CC(=O)O[C@]1(C(=O)COC(=O)CCC(=O)N[C@H](C(=O)O)C(C)C)CC[C@@H]2[C@H]3CCC4=CC(=O)CC[C@]4(C)[C@H]3CC[C@@]21C. The highest BCUT2D eigenvalue weighted by Gasteiger charge is 2.68. The van der Waals surface area contributed by atoms with Gasteiger partial charge in [-0.25, -0.2) is 4.79 Å². The highest BCUT2D eigenvalue weighted by atomic mass is 16.6. The molecule has 0 bridgehead atoms. The molecule has 0 saturated heterocycles. The molecule has 10 heteroatoms. The minimum Gasteiger partial charge on any atom is -0.480 e. The second-order valence-corrected chi connectivity index (χ2v) is 13.6. The summed E-state index contributed by atoms with van der Waals surface area (Å²) >= 11 is 0. The van der Waals surface area contributed by atoms with E-state index >= 15 is 0 Å². The number of carboxylic acid groups (broad SMARTS) is 1. The van der Waals surface area contributed by atoms with E-state index in [0.29, 0.717) is 31.1 Å². The van der Waals surface area contributed by atoms with Crippen molar-refractivity contribution in [1.82, 2.24) is 5.32 Å². The van der Waals surface area contributed by atoms with E-state index in [-0.39, 0.29) is 35.9 Å². The first kappa shape index (κ1) is 31.9. The lowest BCUT2D eigenvalue weighted by molar-refractivity contribution is -0.191. The number of hydrogen-bond acceptors (Lipinski definition) is 8. The molecule has 4 rings (SSSR count). The maximum absolute atomic E-state index is 13.8. The van der Waals surface area contributed by atoms with Crippen LogP contribution in [0.5, 0.6) is 0 Å². The Morgan fingerprint density at radius 2 is 1.69 bits per heavy atom. The molecule has 2 N–H and O–H groups in total. The Hall–Kier alpha value is -3.04. The zero-order chi connectivity index (χ0) is 31.0. The number of rotatable bonds is 10. The van der Waals surface area contributed by atoms with E-state index in [1.54, 1.807) is 13.8 Å². The predicted octanol–water partition coefficient (Wildman–Crippen LogP) is 3.94. The fourth-order valence-electron chi connectivity index (χ4n) is 8.80. The van der Waals surface area contributed by atoms with Crippen molar-refractivity contribution in [2.24, 2.45) is 34.5 Å². The van der Waals surface area contributed by atoms with Gasteiger partial charge in [0.2, 0.25) is 11.7 Å². The Labute approximate surface area is 247 Å². The van der Waals surface area contributed by atoms with Gasteiger partial charge in [-0.05, 0) is 80.1 Å². The molecular weight excluding hydrogens is 542 g/mol. The molecule has 4 aliphatic rings. The molecule has 0 heterocycles. The standard InChI is InChI=1S/C32H45NO9/c1-18(2)28(29(39)40)33-26(37)8-9-27(38)41-17-25(36)32(42-19(3)34)15-12-24-22-7-6-20-16-21(35)10-13-30(20,4)23(22)11-14-31(24,32)5/h16,18,22-24,28H,6-15,17H2,1-5H3,(H,33,37)(H,39,40)/t22-,23-,24+,28-,30-,31-,32-/m0/s1. The van der Waals surface area contributed by atoms with Crippen LogP contribution < -0.4 is 5.32 Å². The van der Waals surface area contributed by atoms with Crippen LogP contribution >= 0.6 is 0 Å². The first-order valence-electron chi connectivity index (χ1n) is 15.3. The van der Waals surface area contributed by atoms with Crippen molar-refractivity contribution >= 4 is 35.4 Å². The maximum Gasteiger partial charge on any atom is 0.326 e. The van der Waals surface area contributed by atoms with E-state index in [1.807, 2.05) is 13.0 Å². The molecule has 3 fully saturated rings. The van der Waals surface area contributed by atoms with Crippen LogP contribution in [0.2, 0.25) is 0 Å². The number of carbonyl (C=O) groups excluding carboxylic acids is 5. The zero-order valence-electron chi connectivity index (χ0n) is 25.5. The van der Waals surface area contributed by atoms with E-state index in [9.17, 15) is 33.9 Å². The van der Waals surface area contributed by atoms with Crippen LogP contribution in [0.25, 0.3) is 0 Å². The summed E-state index contributed by atoms with van der Waals surface area (Å²) in [4.78, 5) is 74.4. The Kier molecular flexibility index (Phi) is 9.05. The summed E-state index contributed by atoms with van der Waals surface area (Å²) in [6, 6.07) is -1.07. The van der Waals surface area contributed by atoms with Crippen molar-refractivity contribution in [1.29, 1.82) is 0 Å². The Balaban J connectivity index is 1.43. The summed E-state index contributed by atoms with van der Waals surface area (Å²) in [5.41, 5.74) is -0.797. The lowest BCUT2D eigenvalue weighted by atomic mass is 9.46. The highest BCUT2D eigenvalue weighted by molar-refractivity contribution is 5.94. The van der Waals surface area contributed by atoms with Gasteiger partial charge in [0.25, 0.3) is 0 Å². The fourth-order valence-corrected chi connectivity index (χ4v) is 8.80. The van der Waals surface area contributed by atoms with Crippen LogP contribution in [0.1, 0.15) is 98.8 Å². The number of carboxylic acids is 1. The highest BCUT2D eigenvalue weighted by Crippen LogP contribution is 2.68. The summed E-state index contributed by atoms with van der Waals surface area (Å²) in [5, 5.41) is 11.7. The average Bonchev–Trinajstić information content (AvgIpc) is 3.21. The van der Waals surface area contributed by atoms with Crippen LogP contribution in [0.3, 0.4) is 0 Å². The first-order valence-corrected chi connectivity index (χ1v) is 15.3. The van der Waals surface area contributed by atoms with Crippen LogP contribution in [0.4, 0.5) is 0 Å². The quantitative estimate of drug-likeness (QED) is 0.362. The normalized spacial score (nSPS) is 34.3. The van der Waals surface area contributed by atoms with Crippen molar-refractivity contribution in [2.75, 3.05) is 6.61 Å². The smallest absolute Gasteiger partial charge is 0.326 e. The molecule has 42 heavy (non-hydrogen) atoms. The monoisotopic (exact) mass is 587 g/mol. The van der Waals surface area contributed by atoms with Gasteiger partial charge in [-0.1, -0.05) is 33.3 Å². The second kappa shape index (κ2) is 11.9. The molecule has 10 nitrogen and oxygen atoms in total. The van der Waals surface area contributed by atoms with Crippen molar-refractivity contribution < 1.29 is 43.3 Å². The molecule has 0 aliphatic heterocycles. The summed E-state index contributed by atoms with van der Waals surface area (Å²) in [5.74, 6) is -2.76. The van der Waals surface area contributed by atoms with Crippen LogP contribution in [-0.4, -0.2) is 58.7 Å². The summed E-state index contributed by atoms with van der Waals surface area (Å²) < 4.78 is 11.2. The average molecular weight is 588 g/mol. The molecule has 0 aromatic carbocycles. The number of amides is 1. The van der Waals surface area contributed by atoms with Crippen molar-refractivity contribution in [3.8, 4) is 0 Å². The summed E-state index contributed by atoms with van der Waals surface area (Å²) in [6.07, 6.45) is 7.10. The van der Waals surface area contributed by atoms with Crippen LogP contribution in [0.15, 0.2) is 11.6 Å². The van der Waals surface area contributed by atoms with Crippen molar-refractivity contribution in [3.05, 3.63) is 11.6 Å². The Bertz CT molecular complexity index is 1190. The molecule has 0 aromatic rings. The van der Waals surface area contributed by atoms with Crippen molar-refractivity contribution in [3.63, 3.8) is 0 Å². The van der Waals surface area contributed by atoms with Crippen molar-refractivity contribution in [2.45, 2.75) is 110 Å². The minimum absolute atomic E-state index is 0.0314. The Morgan fingerprint density at radius 1 is 1.00 bits per heavy atom. The number of esters is 2. The van der Waals surface area contributed by atoms with E-state index in [1.165, 1.54) is 12.5 Å². The molecule has 0 radical (unpaired) electrons. The molecule has 0 aromatic heterocycles. The Morgan fingerprint density at radius 3 is 2.33 bits per heavy atom. The molecule has 4 aliphatic carbocycles. The van der Waals surface area contributed by atoms with E-state index in [4.69, 9.17) is 9.47 Å². The molecule has 0 unspecified atom stereocenters. The molecule has 3 saturated carbocycles.